The molecule has 0 saturated carbocycles. The third-order valence-corrected chi connectivity index (χ3v) is 8.94. The molecule has 2 fully saturated rings. The first-order chi connectivity index (χ1) is 16.3. The number of carbonyl (C=O) groups excluding carboxylic acids is 2. The number of amides is 2. The van der Waals surface area contributed by atoms with Crippen molar-refractivity contribution in [2.75, 3.05) is 63.2 Å². The summed E-state index contributed by atoms with van der Waals surface area (Å²) in [5.41, 5.74) is 1.31. The molecule has 0 bridgehead atoms. The Morgan fingerprint density at radius 2 is 1.74 bits per heavy atom. The highest BCUT2D eigenvalue weighted by Crippen LogP contribution is 2.40. The van der Waals surface area contributed by atoms with Gasteiger partial charge in [0.2, 0.25) is 21.8 Å². The fraction of sp³-hybridized carbons (Fsp3) is 0.667. The lowest BCUT2D eigenvalue weighted by Crippen LogP contribution is -2.57. The third-order valence-electron chi connectivity index (χ3n) is 7.13. The minimum absolute atomic E-state index is 0.109. The number of piperidine rings is 1. The monoisotopic (exact) mass is 491 g/mol. The second-order valence-corrected chi connectivity index (χ2v) is 11.8. The second kappa shape index (κ2) is 10.6. The second-order valence-electron chi connectivity index (χ2n) is 9.67. The van der Waals surface area contributed by atoms with E-state index in [4.69, 9.17) is 0 Å². The Labute approximate surface area is 203 Å². The number of fused-ring (bicyclic) bond motifs is 3. The lowest BCUT2D eigenvalue weighted by molar-refractivity contribution is -0.125. The Morgan fingerprint density at radius 3 is 2.44 bits per heavy atom. The van der Waals surface area contributed by atoms with Gasteiger partial charge in [-0.15, -0.1) is 0 Å². The standard InChI is InChI=1S/C24H37N5O4S/c1-26(2)34(32,33)19-10-11-20-22(17-19)29(24(31)21-9-5-8-15-28(20)21)18-23(30)25-12-16-27-13-6-3-4-7-14-27/h10-11,17,21H,3-9,12-16,18H2,1-2H3,(H,25,30)/t21-/m1/s1. The molecular weight excluding hydrogens is 454 g/mol. The van der Waals surface area contributed by atoms with Crippen LogP contribution in [0.3, 0.4) is 0 Å². The van der Waals surface area contributed by atoms with Gasteiger partial charge in [0.15, 0.2) is 0 Å². The Morgan fingerprint density at radius 1 is 1.03 bits per heavy atom. The van der Waals surface area contributed by atoms with E-state index in [1.807, 2.05) is 0 Å². The summed E-state index contributed by atoms with van der Waals surface area (Å²) in [6, 6.07) is 4.61. The lowest BCUT2D eigenvalue weighted by atomic mass is 9.96. The minimum atomic E-state index is -3.67. The minimum Gasteiger partial charge on any atom is -0.358 e. The molecule has 34 heavy (non-hydrogen) atoms. The van der Waals surface area contributed by atoms with Crippen molar-refractivity contribution in [3.63, 3.8) is 0 Å². The van der Waals surface area contributed by atoms with Crippen LogP contribution in [-0.4, -0.2) is 88.8 Å². The van der Waals surface area contributed by atoms with E-state index in [9.17, 15) is 18.0 Å². The Kier molecular flexibility index (Phi) is 7.79. The lowest BCUT2D eigenvalue weighted by Gasteiger charge is -2.45. The molecule has 0 aromatic heterocycles. The molecule has 1 N–H and O–H groups in total. The molecule has 9 nitrogen and oxygen atoms in total. The van der Waals surface area contributed by atoms with Gasteiger partial charge in [-0.2, -0.15) is 0 Å². The van der Waals surface area contributed by atoms with Crippen LogP contribution < -0.4 is 15.1 Å². The van der Waals surface area contributed by atoms with Gasteiger partial charge in [-0.25, -0.2) is 12.7 Å². The zero-order chi connectivity index (χ0) is 24.3. The van der Waals surface area contributed by atoms with Crippen LogP contribution in [-0.2, 0) is 19.6 Å². The summed E-state index contributed by atoms with van der Waals surface area (Å²) < 4.78 is 26.7. The molecule has 3 aliphatic heterocycles. The molecule has 1 aromatic carbocycles. The molecule has 0 spiro atoms. The van der Waals surface area contributed by atoms with Crippen molar-refractivity contribution in [1.29, 1.82) is 0 Å². The largest absolute Gasteiger partial charge is 0.358 e. The highest BCUT2D eigenvalue weighted by atomic mass is 32.2. The first kappa shape index (κ1) is 24.9. The van der Waals surface area contributed by atoms with Gasteiger partial charge < -0.3 is 15.1 Å². The van der Waals surface area contributed by atoms with Crippen molar-refractivity contribution in [3.8, 4) is 0 Å². The number of likely N-dealkylation sites (tertiary alicyclic amines) is 1. The Hall–Kier alpha value is -2.17. The normalized spacial score (nSPS) is 21.7. The first-order valence-electron chi connectivity index (χ1n) is 12.4. The van der Waals surface area contributed by atoms with Gasteiger partial charge in [-0.05, 0) is 63.4 Å². The number of hydrogen-bond donors (Lipinski definition) is 1. The summed E-state index contributed by atoms with van der Waals surface area (Å²) >= 11 is 0. The quantitative estimate of drug-likeness (QED) is 0.623. The number of nitrogens with one attached hydrogen (secondary N) is 1. The average molecular weight is 492 g/mol. The molecule has 1 atom stereocenters. The molecule has 0 aliphatic carbocycles. The van der Waals surface area contributed by atoms with Crippen LogP contribution >= 0.6 is 0 Å². The van der Waals surface area contributed by atoms with Crippen LogP contribution in [0.2, 0.25) is 0 Å². The van der Waals surface area contributed by atoms with E-state index in [1.54, 1.807) is 12.1 Å². The van der Waals surface area contributed by atoms with Crippen molar-refractivity contribution in [2.45, 2.75) is 55.9 Å². The number of rotatable bonds is 7. The van der Waals surface area contributed by atoms with Crippen LogP contribution in [0.1, 0.15) is 44.9 Å². The molecular formula is C24H37N5O4S. The van der Waals surface area contributed by atoms with Gasteiger partial charge in [0.25, 0.3) is 0 Å². The molecule has 1 aromatic rings. The molecule has 0 unspecified atom stereocenters. The van der Waals surface area contributed by atoms with Gasteiger partial charge in [0.05, 0.1) is 16.3 Å². The highest BCUT2D eigenvalue weighted by Gasteiger charge is 2.40. The van der Waals surface area contributed by atoms with Crippen molar-refractivity contribution in [2.24, 2.45) is 0 Å². The van der Waals surface area contributed by atoms with Crippen molar-refractivity contribution in [1.82, 2.24) is 14.5 Å². The summed E-state index contributed by atoms with van der Waals surface area (Å²) in [6.45, 7) is 4.11. The van der Waals surface area contributed by atoms with E-state index in [2.05, 4.69) is 15.1 Å². The summed E-state index contributed by atoms with van der Waals surface area (Å²) in [5, 5.41) is 2.97. The SMILES string of the molecule is CN(C)S(=O)(=O)c1ccc2c(c1)N(CC(=O)NCCN1CCCCCC1)C(=O)[C@H]1CCCCN21. The maximum absolute atomic E-state index is 13.4. The smallest absolute Gasteiger partial charge is 0.250 e. The number of carbonyl (C=O) groups is 2. The van der Waals surface area contributed by atoms with E-state index >= 15 is 0 Å². The molecule has 188 valence electrons. The third kappa shape index (κ3) is 5.23. The van der Waals surface area contributed by atoms with Gasteiger partial charge >= 0.3 is 0 Å². The van der Waals surface area contributed by atoms with Gasteiger partial charge in [-0.1, -0.05) is 12.8 Å². The Bertz CT molecular complexity index is 1000. The maximum Gasteiger partial charge on any atom is 0.250 e. The number of nitrogens with zero attached hydrogens (tertiary/aromatic N) is 4. The zero-order valence-corrected chi connectivity index (χ0v) is 21.1. The van der Waals surface area contributed by atoms with E-state index in [0.717, 1.165) is 55.4 Å². The maximum atomic E-state index is 13.4. The topological polar surface area (TPSA) is 93.3 Å². The number of sulfonamides is 1. The number of anilines is 2. The summed E-state index contributed by atoms with van der Waals surface area (Å²) in [6.07, 6.45) is 7.62. The fourth-order valence-corrected chi connectivity index (χ4v) is 6.11. The van der Waals surface area contributed by atoms with Crippen molar-refractivity contribution in [3.05, 3.63) is 18.2 Å². The van der Waals surface area contributed by atoms with E-state index in [1.165, 1.54) is 50.7 Å². The summed E-state index contributed by atoms with van der Waals surface area (Å²) in [4.78, 5) is 32.4. The molecule has 2 saturated heterocycles. The van der Waals surface area contributed by atoms with E-state index < -0.39 is 10.0 Å². The van der Waals surface area contributed by atoms with Crippen molar-refractivity contribution >= 4 is 33.2 Å². The van der Waals surface area contributed by atoms with Crippen LogP contribution in [0.25, 0.3) is 0 Å². The predicted molar refractivity (Wildman–Crippen MR) is 133 cm³/mol. The molecule has 10 heteroatoms. The summed E-state index contributed by atoms with van der Waals surface area (Å²) in [7, 11) is -0.703. The van der Waals surface area contributed by atoms with Crippen LogP contribution in [0.4, 0.5) is 11.4 Å². The molecule has 0 radical (unpaired) electrons. The fourth-order valence-electron chi connectivity index (χ4n) is 5.18. The Balaban J connectivity index is 1.52. The zero-order valence-electron chi connectivity index (χ0n) is 20.3. The van der Waals surface area contributed by atoms with Crippen molar-refractivity contribution < 1.29 is 18.0 Å². The average Bonchev–Trinajstić information content (AvgIpc) is 3.10. The molecule has 3 heterocycles. The predicted octanol–water partition coefficient (Wildman–Crippen LogP) is 1.63. The molecule has 3 aliphatic rings. The number of benzene rings is 1. The van der Waals surface area contributed by atoms with Gasteiger partial charge in [0, 0.05) is 33.7 Å². The van der Waals surface area contributed by atoms with Gasteiger partial charge in [0.1, 0.15) is 12.6 Å². The molecule has 2 amide bonds. The van der Waals surface area contributed by atoms with Gasteiger partial charge in [-0.3, -0.25) is 14.5 Å². The van der Waals surface area contributed by atoms with E-state index in [-0.39, 0.29) is 29.3 Å². The first-order valence-corrected chi connectivity index (χ1v) is 13.9. The van der Waals surface area contributed by atoms with Crippen LogP contribution in [0.5, 0.6) is 0 Å². The van der Waals surface area contributed by atoms with Crippen LogP contribution in [0, 0.1) is 0 Å². The highest BCUT2D eigenvalue weighted by molar-refractivity contribution is 7.89. The molecule has 4 rings (SSSR count). The number of hydrogen-bond acceptors (Lipinski definition) is 6. The summed E-state index contributed by atoms with van der Waals surface area (Å²) in [5.74, 6) is -0.353. The van der Waals surface area contributed by atoms with E-state index in [0.29, 0.717) is 12.2 Å². The van der Waals surface area contributed by atoms with Crippen LogP contribution in [0.15, 0.2) is 23.1 Å².